The highest BCUT2D eigenvalue weighted by molar-refractivity contribution is 5.69. The van der Waals surface area contributed by atoms with Crippen LogP contribution >= 0.6 is 0 Å². The zero-order valence-electron chi connectivity index (χ0n) is 10.6. The highest BCUT2D eigenvalue weighted by atomic mass is 16.6. The average molecular weight is 253 g/mol. The van der Waals surface area contributed by atoms with Crippen molar-refractivity contribution < 1.29 is 19.0 Å². The van der Waals surface area contributed by atoms with Crippen LogP contribution in [0.1, 0.15) is 13.3 Å². The van der Waals surface area contributed by atoms with E-state index in [2.05, 4.69) is 0 Å². The topological polar surface area (TPSA) is 70.8 Å². The van der Waals surface area contributed by atoms with E-state index in [0.717, 1.165) is 0 Å². The van der Waals surface area contributed by atoms with Crippen LogP contribution in [0.15, 0.2) is 24.3 Å². The summed E-state index contributed by atoms with van der Waals surface area (Å²) < 4.78 is 15.4. The van der Waals surface area contributed by atoms with E-state index in [-0.39, 0.29) is 25.6 Å². The first-order valence-electron chi connectivity index (χ1n) is 5.94. The second-order valence-corrected chi connectivity index (χ2v) is 3.58. The summed E-state index contributed by atoms with van der Waals surface area (Å²) in [6.45, 7) is 3.52. The molecule has 0 fully saturated rings. The van der Waals surface area contributed by atoms with Crippen LogP contribution in [-0.2, 0) is 14.3 Å². The third-order valence-corrected chi connectivity index (χ3v) is 2.15. The monoisotopic (exact) mass is 253 g/mol. The largest absolute Gasteiger partial charge is 0.493 e. The van der Waals surface area contributed by atoms with Crippen LogP contribution in [0.3, 0.4) is 0 Å². The summed E-state index contributed by atoms with van der Waals surface area (Å²) in [5, 5.41) is 0. The summed E-state index contributed by atoms with van der Waals surface area (Å²) in [5.41, 5.74) is 6.22. The second-order valence-electron chi connectivity index (χ2n) is 3.58. The van der Waals surface area contributed by atoms with Crippen LogP contribution in [-0.4, -0.2) is 32.4 Å². The zero-order chi connectivity index (χ0) is 13.2. The standard InChI is InChI=1S/C13H19NO4/c1-2-16-9-10-18-13(15)7-8-17-12-5-3-11(14)4-6-12/h3-6H,2,7-10,14H2,1H3. The Balaban J connectivity index is 2.10. The lowest BCUT2D eigenvalue weighted by atomic mass is 10.3. The van der Waals surface area contributed by atoms with Crippen molar-refractivity contribution in [2.75, 3.05) is 32.2 Å². The van der Waals surface area contributed by atoms with Gasteiger partial charge >= 0.3 is 5.97 Å². The quantitative estimate of drug-likeness (QED) is 0.433. The maximum Gasteiger partial charge on any atom is 0.309 e. The van der Waals surface area contributed by atoms with Crippen molar-refractivity contribution in [2.24, 2.45) is 0 Å². The molecular weight excluding hydrogens is 234 g/mol. The Morgan fingerprint density at radius 2 is 1.89 bits per heavy atom. The number of nitrogens with two attached hydrogens (primary N) is 1. The lowest BCUT2D eigenvalue weighted by Crippen LogP contribution is -2.13. The van der Waals surface area contributed by atoms with Crippen molar-refractivity contribution in [3.63, 3.8) is 0 Å². The van der Waals surface area contributed by atoms with E-state index in [1.165, 1.54) is 0 Å². The van der Waals surface area contributed by atoms with Gasteiger partial charge in [0.15, 0.2) is 0 Å². The minimum absolute atomic E-state index is 0.219. The van der Waals surface area contributed by atoms with Gasteiger partial charge in [0.05, 0.1) is 19.6 Å². The molecule has 1 aromatic carbocycles. The molecule has 0 aliphatic rings. The molecule has 1 aromatic rings. The van der Waals surface area contributed by atoms with Crippen LogP contribution in [0.25, 0.3) is 0 Å². The number of carbonyl (C=O) groups excluding carboxylic acids is 1. The van der Waals surface area contributed by atoms with Gasteiger partial charge in [-0.05, 0) is 31.2 Å². The zero-order valence-corrected chi connectivity index (χ0v) is 10.6. The molecule has 0 heterocycles. The molecule has 0 spiro atoms. The molecule has 0 aliphatic heterocycles. The van der Waals surface area contributed by atoms with Crippen LogP contribution < -0.4 is 10.5 Å². The third kappa shape index (κ3) is 6.10. The van der Waals surface area contributed by atoms with Crippen molar-refractivity contribution in [2.45, 2.75) is 13.3 Å². The molecule has 18 heavy (non-hydrogen) atoms. The van der Waals surface area contributed by atoms with Crippen molar-refractivity contribution in [1.82, 2.24) is 0 Å². The molecule has 0 saturated heterocycles. The van der Waals surface area contributed by atoms with E-state index in [0.29, 0.717) is 24.7 Å². The molecule has 0 aromatic heterocycles. The molecule has 0 aliphatic carbocycles. The van der Waals surface area contributed by atoms with Crippen molar-refractivity contribution >= 4 is 11.7 Å². The Labute approximate surface area is 107 Å². The van der Waals surface area contributed by atoms with Gasteiger partial charge < -0.3 is 19.9 Å². The van der Waals surface area contributed by atoms with Crippen LogP contribution in [0.4, 0.5) is 5.69 Å². The normalized spacial score (nSPS) is 10.1. The number of hydrogen-bond donors (Lipinski definition) is 1. The number of benzene rings is 1. The van der Waals surface area contributed by atoms with E-state index < -0.39 is 0 Å². The molecule has 0 unspecified atom stereocenters. The first-order chi connectivity index (χ1) is 8.72. The molecule has 0 saturated carbocycles. The molecular formula is C13H19NO4. The van der Waals surface area contributed by atoms with Gasteiger partial charge in [0.25, 0.3) is 0 Å². The summed E-state index contributed by atoms with van der Waals surface area (Å²) in [7, 11) is 0. The van der Waals surface area contributed by atoms with E-state index in [9.17, 15) is 4.79 Å². The number of anilines is 1. The number of rotatable bonds is 8. The SMILES string of the molecule is CCOCCOC(=O)CCOc1ccc(N)cc1. The fourth-order valence-corrected chi connectivity index (χ4v) is 1.25. The number of hydrogen-bond acceptors (Lipinski definition) is 5. The van der Waals surface area contributed by atoms with Gasteiger partial charge in [-0.25, -0.2) is 0 Å². The fourth-order valence-electron chi connectivity index (χ4n) is 1.25. The van der Waals surface area contributed by atoms with Crippen LogP contribution in [0, 0.1) is 0 Å². The number of nitrogen functional groups attached to an aromatic ring is 1. The molecule has 0 amide bonds. The first-order valence-corrected chi connectivity index (χ1v) is 5.94. The van der Waals surface area contributed by atoms with Crippen LogP contribution in [0.2, 0.25) is 0 Å². The van der Waals surface area contributed by atoms with Gasteiger partial charge in [-0.2, -0.15) is 0 Å². The highest BCUT2D eigenvalue weighted by Gasteiger charge is 2.03. The predicted molar refractivity (Wildman–Crippen MR) is 68.4 cm³/mol. The predicted octanol–water partition coefficient (Wildman–Crippen LogP) is 1.62. The van der Waals surface area contributed by atoms with E-state index in [1.54, 1.807) is 24.3 Å². The summed E-state index contributed by atoms with van der Waals surface area (Å²) in [5.74, 6) is 0.400. The van der Waals surface area contributed by atoms with Gasteiger partial charge in [-0.3, -0.25) is 4.79 Å². The fraction of sp³-hybridized carbons (Fsp3) is 0.462. The maximum atomic E-state index is 11.3. The molecule has 100 valence electrons. The Hall–Kier alpha value is -1.75. The average Bonchev–Trinajstić information content (AvgIpc) is 2.37. The lowest BCUT2D eigenvalue weighted by molar-refractivity contribution is -0.145. The minimum Gasteiger partial charge on any atom is -0.493 e. The molecule has 0 atom stereocenters. The lowest BCUT2D eigenvalue weighted by Gasteiger charge is -2.07. The van der Waals surface area contributed by atoms with Crippen LogP contribution in [0.5, 0.6) is 5.75 Å². The molecule has 0 radical (unpaired) electrons. The van der Waals surface area contributed by atoms with Gasteiger partial charge in [0, 0.05) is 12.3 Å². The van der Waals surface area contributed by atoms with Gasteiger partial charge in [-0.1, -0.05) is 0 Å². The number of carbonyl (C=O) groups is 1. The summed E-state index contributed by atoms with van der Waals surface area (Å²) in [6, 6.07) is 7.01. The first kappa shape index (κ1) is 14.3. The third-order valence-electron chi connectivity index (χ3n) is 2.15. The molecule has 5 nitrogen and oxygen atoms in total. The smallest absolute Gasteiger partial charge is 0.309 e. The van der Waals surface area contributed by atoms with Crippen molar-refractivity contribution in [3.05, 3.63) is 24.3 Å². The Kier molecular flexibility index (Phi) is 6.64. The van der Waals surface area contributed by atoms with Crippen molar-refractivity contribution in [3.8, 4) is 5.75 Å². The van der Waals surface area contributed by atoms with Crippen molar-refractivity contribution in [1.29, 1.82) is 0 Å². The van der Waals surface area contributed by atoms with Gasteiger partial charge in [-0.15, -0.1) is 0 Å². The second kappa shape index (κ2) is 8.36. The Morgan fingerprint density at radius 3 is 2.56 bits per heavy atom. The van der Waals surface area contributed by atoms with E-state index in [4.69, 9.17) is 19.9 Å². The number of esters is 1. The summed E-state index contributed by atoms with van der Waals surface area (Å²) in [6.07, 6.45) is 0.219. The summed E-state index contributed by atoms with van der Waals surface area (Å²) >= 11 is 0. The Morgan fingerprint density at radius 1 is 1.17 bits per heavy atom. The number of ether oxygens (including phenoxy) is 3. The summed E-state index contributed by atoms with van der Waals surface area (Å²) in [4.78, 5) is 11.3. The molecule has 2 N–H and O–H groups in total. The molecule has 0 bridgehead atoms. The van der Waals surface area contributed by atoms with Gasteiger partial charge in [0.1, 0.15) is 12.4 Å². The molecule has 1 rings (SSSR count). The van der Waals surface area contributed by atoms with E-state index >= 15 is 0 Å². The van der Waals surface area contributed by atoms with Gasteiger partial charge in [0.2, 0.25) is 0 Å². The highest BCUT2D eigenvalue weighted by Crippen LogP contribution is 2.13. The Bertz CT molecular complexity index is 351. The molecule has 5 heteroatoms. The minimum atomic E-state index is -0.287. The maximum absolute atomic E-state index is 11.3. The van der Waals surface area contributed by atoms with E-state index in [1.807, 2.05) is 6.92 Å².